The molecule has 0 radical (unpaired) electrons. The van der Waals surface area contributed by atoms with Crippen LogP contribution in [-0.4, -0.2) is 24.1 Å². The van der Waals surface area contributed by atoms with Crippen molar-refractivity contribution in [3.05, 3.63) is 24.0 Å². The third-order valence-corrected chi connectivity index (χ3v) is 4.64. The summed E-state index contributed by atoms with van der Waals surface area (Å²) < 4.78 is 0. The number of anilines is 1. The van der Waals surface area contributed by atoms with E-state index in [1.165, 1.54) is 37.2 Å². The van der Waals surface area contributed by atoms with Gasteiger partial charge in [-0.3, -0.25) is 4.98 Å². The topological polar surface area (TPSA) is 28.2 Å². The van der Waals surface area contributed by atoms with Gasteiger partial charge in [-0.2, -0.15) is 0 Å². The van der Waals surface area contributed by atoms with Gasteiger partial charge in [0.05, 0.1) is 0 Å². The van der Waals surface area contributed by atoms with Gasteiger partial charge in [-0.25, -0.2) is 0 Å². The standard InChI is InChI=1S/C18H31N3/c1-14(2)20-13-15-12-19-9-6-17(15)21-10-7-16(8-11-21)18(3,4)5/h6,9,12,14,16,20H,7-8,10-11,13H2,1-5H3. The second-order valence-electron chi connectivity index (χ2n) is 7.67. The van der Waals surface area contributed by atoms with Crippen molar-refractivity contribution >= 4 is 5.69 Å². The van der Waals surface area contributed by atoms with E-state index in [1.54, 1.807) is 0 Å². The lowest BCUT2D eigenvalue weighted by atomic mass is 9.75. The van der Waals surface area contributed by atoms with Crippen LogP contribution in [0.25, 0.3) is 0 Å². The Morgan fingerprint density at radius 1 is 1.29 bits per heavy atom. The minimum Gasteiger partial charge on any atom is -0.371 e. The minimum absolute atomic E-state index is 0.437. The molecule has 3 heteroatoms. The second-order valence-corrected chi connectivity index (χ2v) is 7.67. The van der Waals surface area contributed by atoms with Crippen LogP contribution in [0.2, 0.25) is 0 Å². The highest BCUT2D eigenvalue weighted by molar-refractivity contribution is 5.52. The number of hydrogen-bond donors (Lipinski definition) is 1. The molecule has 1 aliphatic heterocycles. The average molecular weight is 289 g/mol. The molecule has 0 saturated carbocycles. The van der Waals surface area contributed by atoms with Gasteiger partial charge < -0.3 is 10.2 Å². The number of aromatic nitrogens is 1. The summed E-state index contributed by atoms with van der Waals surface area (Å²) in [5.74, 6) is 0.841. The summed E-state index contributed by atoms with van der Waals surface area (Å²) in [4.78, 5) is 6.85. The van der Waals surface area contributed by atoms with Crippen LogP contribution < -0.4 is 10.2 Å². The van der Waals surface area contributed by atoms with Crippen molar-refractivity contribution in [2.75, 3.05) is 18.0 Å². The van der Waals surface area contributed by atoms with E-state index in [9.17, 15) is 0 Å². The summed E-state index contributed by atoms with van der Waals surface area (Å²) in [5, 5.41) is 3.51. The van der Waals surface area contributed by atoms with E-state index in [0.29, 0.717) is 11.5 Å². The molecule has 1 aliphatic rings. The van der Waals surface area contributed by atoms with E-state index in [1.807, 2.05) is 12.4 Å². The number of nitrogens with one attached hydrogen (secondary N) is 1. The summed E-state index contributed by atoms with van der Waals surface area (Å²) in [6.45, 7) is 14.7. The molecule has 2 heterocycles. The number of nitrogens with zero attached hydrogens (tertiary/aromatic N) is 2. The van der Waals surface area contributed by atoms with E-state index in [0.717, 1.165) is 12.5 Å². The quantitative estimate of drug-likeness (QED) is 0.912. The molecule has 1 N–H and O–H groups in total. The first kappa shape index (κ1) is 16.3. The third-order valence-electron chi connectivity index (χ3n) is 4.64. The maximum absolute atomic E-state index is 4.31. The van der Waals surface area contributed by atoms with Crippen LogP contribution in [0.15, 0.2) is 18.5 Å². The Kier molecular flexibility index (Phi) is 5.26. The zero-order chi connectivity index (χ0) is 15.5. The molecule has 0 aliphatic carbocycles. The largest absolute Gasteiger partial charge is 0.371 e. The van der Waals surface area contributed by atoms with Gasteiger partial charge in [0.2, 0.25) is 0 Å². The van der Waals surface area contributed by atoms with E-state index in [2.05, 4.69) is 55.9 Å². The number of rotatable bonds is 4. The Balaban J connectivity index is 2.03. The highest BCUT2D eigenvalue weighted by Gasteiger charge is 2.29. The average Bonchev–Trinajstić information content (AvgIpc) is 2.44. The predicted molar refractivity (Wildman–Crippen MR) is 90.6 cm³/mol. The molecule has 1 aromatic rings. The zero-order valence-corrected chi connectivity index (χ0v) is 14.3. The Hall–Kier alpha value is -1.09. The molecule has 1 saturated heterocycles. The van der Waals surface area contributed by atoms with Crippen LogP contribution in [0.4, 0.5) is 5.69 Å². The zero-order valence-electron chi connectivity index (χ0n) is 14.3. The molecule has 0 atom stereocenters. The molecular weight excluding hydrogens is 258 g/mol. The number of pyridine rings is 1. The molecule has 0 aromatic carbocycles. The Morgan fingerprint density at radius 2 is 1.95 bits per heavy atom. The van der Waals surface area contributed by atoms with Crippen molar-refractivity contribution in [3.63, 3.8) is 0 Å². The smallest absolute Gasteiger partial charge is 0.0442 e. The third kappa shape index (κ3) is 4.44. The first-order valence-corrected chi connectivity index (χ1v) is 8.29. The fourth-order valence-corrected chi connectivity index (χ4v) is 3.17. The summed E-state index contributed by atoms with van der Waals surface area (Å²) in [6, 6.07) is 2.68. The SMILES string of the molecule is CC(C)NCc1cnccc1N1CCC(C(C)(C)C)CC1. The summed E-state index contributed by atoms with van der Waals surface area (Å²) in [5.41, 5.74) is 3.12. The molecule has 3 nitrogen and oxygen atoms in total. The van der Waals surface area contributed by atoms with Gasteiger partial charge in [0.15, 0.2) is 0 Å². The molecule has 1 aromatic heterocycles. The lowest BCUT2D eigenvalue weighted by molar-refractivity contribution is 0.199. The molecule has 0 spiro atoms. The normalized spacial score (nSPS) is 17.5. The van der Waals surface area contributed by atoms with Crippen molar-refractivity contribution in [2.45, 2.75) is 60.0 Å². The first-order chi connectivity index (χ1) is 9.88. The highest BCUT2D eigenvalue weighted by Crippen LogP contribution is 2.36. The minimum atomic E-state index is 0.437. The van der Waals surface area contributed by atoms with E-state index >= 15 is 0 Å². The van der Waals surface area contributed by atoms with Gasteiger partial charge in [-0.05, 0) is 30.2 Å². The van der Waals surface area contributed by atoms with E-state index in [4.69, 9.17) is 0 Å². The van der Waals surface area contributed by atoms with Crippen molar-refractivity contribution in [1.82, 2.24) is 10.3 Å². The van der Waals surface area contributed by atoms with Gasteiger partial charge in [0, 0.05) is 49.3 Å². The van der Waals surface area contributed by atoms with Crippen LogP contribution >= 0.6 is 0 Å². The van der Waals surface area contributed by atoms with E-state index < -0.39 is 0 Å². The van der Waals surface area contributed by atoms with Gasteiger partial charge in [0.1, 0.15) is 0 Å². The van der Waals surface area contributed by atoms with Crippen molar-refractivity contribution in [2.24, 2.45) is 11.3 Å². The summed E-state index contributed by atoms with van der Waals surface area (Å²) in [6.07, 6.45) is 6.52. The molecule has 0 amide bonds. The fourth-order valence-electron chi connectivity index (χ4n) is 3.17. The van der Waals surface area contributed by atoms with Crippen molar-refractivity contribution in [1.29, 1.82) is 0 Å². The Bertz CT molecular complexity index is 440. The van der Waals surface area contributed by atoms with E-state index in [-0.39, 0.29) is 0 Å². The first-order valence-electron chi connectivity index (χ1n) is 8.29. The summed E-state index contributed by atoms with van der Waals surface area (Å²) in [7, 11) is 0. The molecule has 21 heavy (non-hydrogen) atoms. The summed E-state index contributed by atoms with van der Waals surface area (Å²) >= 11 is 0. The maximum atomic E-state index is 4.31. The Labute approximate surface area is 130 Å². The monoisotopic (exact) mass is 289 g/mol. The number of hydrogen-bond acceptors (Lipinski definition) is 3. The lowest BCUT2D eigenvalue weighted by Gasteiger charge is -2.40. The highest BCUT2D eigenvalue weighted by atomic mass is 15.1. The van der Waals surface area contributed by atoms with Crippen LogP contribution in [-0.2, 0) is 6.54 Å². The number of piperidine rings is 1. The lowest BCUT2D eigenvalue weighted by Crippen LogP contribution is -2.38. The molecule has 1 fully saturated rings. The second kappa shape index (κ2) is 6.78. The molecule has 0 bridgehead atoms. The van der Waals surface area contributed by atoms with Crippen LogP contribution in [0.5, 0.6) is 0 Å². The van der Waals surface area contributed by atoms with Crippen LogP contribution in [0.1, 0.15) is 53.0 Å². The van der Waals surface area contributed by atoms with Crippen LogP contribution in [0, 0.1) is 11.3 Å². The van der Waals surface area contributed by atoms with Gasteiger partial charge in [-0.15, -0.1) is 0 Å². The predicted octanol–water partition coefficient (Wildman–Crippen LogP) is 3.84. The fraction of sp³-hybridized carbons (Fsp3) is 0.722. The van der Waals surface area contributed by atoms with Crippen molar-refractivity contribution in [3.8, 4) is 0 Å². The Morgan fingerprint density at radius 3 is 2.52 bits per heavy atom. The molecule has 2 rings (SSSR count). The van der Waals surface area contributed by atoms with Gasteiger partial charge in [-0.1, -0.05) is 34.6 Å². The molecule has 0 unspecified atom stereocenters. The van der Waals surface area contributed by atoms with Crippen LogP contribution in [0.3, 0.4) is 0 Å². The molecule has 118 valence electrons. The van der Waals surface area contributed by atoms with Gasteiger partial charge in [0.25, 0.3) is 0 Å². The maximum Gasteiger partial charge on any atom is 0.0442 e. The van der Waals surface area contributed by atoms with Gasteiger partial charge >= 0.3 is 0 Å². The molecular formula is C18H31N3. The van der Waals surface area contributed by atoms with Crippen molar-refractivity contribution < 1.29 is 0 Å².